The van der Waals surface area contributed by atoms with Gasteiger partial charge in [-0.25, -0.2) is 4.98 Å². The Kier molecular flexibility index (Phi) is 2.87. The molecule has 0 fully saturated rings. The lowest BCUT2D eigenvalue weighted by Crippen LogP contribution is -1.98. The second kappa shape index (κ2) is 4.31. The van der Waals surface area contributed by atoms with Crippen LogP contribution < -0.4 is 4.74 Å². The normalized spacial score (nSPS) is 10.3. The number of hydrogen-bond donors (Lipinski definition) is 0. The summed E-state index contributed by atoms with van der Waals surface area (Å²) in [6.07, 6.45) is 1.59. The highest BCUT2D eigenvalue weighted by atomic mass is 35.5. The van der Waals surface area contributed by atoms with Gasteiger partial charge in [0.05, 0.1) is 6.26 Å². The molecule has 4 nitrogen and oxygen atoms in total. The molecule has 0 amide bonds. The molecular weight excluding hydrogens is 216 g/mol. The van der Waals surface area contributed by atoms with Gasteiger partial charge in [-0.15, -0.1) is 0 Å². The molecule has 0 N–H and O–H groups in total. The molecule has 15 heavy (non-hydrogen) atoms. The van der Waals surface area contributed by atoms with Gasteiger partial charge in [0.2, 0.25) is 5.88 Å². The van der Waals surface area contributed by atoms with Gasteiger partial charge in [-0.3, -0.25) is 0 Å². The quantitative estimate of drug-likeness (QED) is 0.752. The van der Waals surface area contributed by atoms with Gasteiger partial charge >= 0.3 is 0 Å². The molecule has 0 radical (unpaired) electrons. The molecule has 0 aromatic carbocycles. The van der Waals surface area contributed by atoms with E-state index in [1.165, 1.54) is 0 Å². The summed E-state index contributed by atoms with van der Waals surface area (Å²) < 4.78 is 10.5. The molecular formula is C10H9ClN2O2. The van der Waals surface area contributed by atoms with Crippen molar-refractivity contribution < 1.29 is 9.15 Å². The number of rotatable bonds is 3. The minimum Gasteiger partial charge on any atom is -0.469 e. The zero-order chi connectivity index (χ0) is 10.7. The Balaban J connectivity index is 2.05. The molecule has 0 saturated carbocycles. The number of halogens is 1. The van der Waals surface area contributed by atoms with E-state index < -0.39 is 0 Å². The lowest BCUT2D eigenvalue weighted by molar-refractivity contribution is 0.259. The summed E-state index contributed by atoms with van der Waals surface area (Å²) in [6, 6.07) is 5.20. The summed E-state index contributed by atoms with van der Waals surface area (Å²) in [5.74, 6) is 1.77. The number of aromatic nitrogens is 2. The van der Waals surface area contributed by atoms with Crippen LogP contribution in [0.1, 0.15) is 11.6 Å². The molecule has 78 valence electrons. The molecule has 2 rings (SSSR count). The predicted octanol–water partition coefficient (Wildman–Crippen LogP) is 2.61. The third-order valence-corrected chi connectivity index (χ3v) is 1.92. The number of furan rings is 1. The number of nitrogens with zero attached hydrogens (tertiary/aromatic N) is 2. The summed E-state index contributed by atoms with van der Waals surface area (Å²) in [5, 5.41) is 0.372. The molecule has 0 aliphatic rings. The van der Waals surface area contributed by atoms with Crippen molar-refractivity contribution in [2.75, 3.05) is 0 Å². The molecule has 0 aliphatic heterocycles. The van der Waals surface area contributed by atoms with Crippen LogP contribution in [0.4, 0.5) is 0 Å². The van der Waals surface area contributed by atoms with E-state index in [9.17, 15) is 0 Å². The first-order valence-corrected chi connectivity index (χ1v) is 4.78. The maximum atomic E-state index is 5.76. The maximum Gasteiger partial charge on any atom is 0.218 e. The van der Waals surface area contributed by atoms with Crippen LogP contribution in [0.5, 0.6) is 5.88 Å². The van der Waals surface area contributed by atoms with Crippen LogP contribution in [0.2, 0.25) is 5.15 Å². The van der Waals surface area contributed by atoms with Crippen LogP contribution in [0.15, 0.2) is 28.9 Å². The summed E-state index contributed by atoms with van der Waals surface area (Å²) in [4.78, 5) is 8.00. The minimum absolute atomic E-state index is 0.333. The molecule has 5 heteroatoms. The summed E-state index contributed by atoms with van der Waals surface area (Å²) in [6.45, 7) is 2.09. The standard InChI is InChI=1S/C10H9ClN2O2/c1-7-12-9(11)5-10(13-7)15-6-8-3-2-4-14-8/h2-5H,6H2,1H3. The van der Waals surface area contributed by atoms with Gasteiger partial charge < -0.3 is 9.15 Å². The van der Waals surface area contributed by atoms with Gasteiger partial charge in [-0.1, -0.05) is 11.6 Å². The van der Waals surface area contributed by atoms with Gasteiger partial charge in [0.1, 0.15) is 23.3 Å². The smallest absolute Gasteiger partial charge is 0.218 e. The predicted molar refractivity (Wildman–Crippen MR) is 54.8 cm³/mol. The van der Waals surface area contributed by atoms with E-state index in [-0.39, 0.29) is 0 Å². The van der Waals surface area contributed by atoms with Crippen LogP contribution in [-0.4, -0.2) is 9.97 Å². The van der Waals surface area contributed by atoms with E-state index in [4.69, 9.17) is 20.8 Å². The molecule has 0 spiro atoms. The van der Waals surface area contributed by atoms with Crippen molar-refractivity contribution in [3.8, 4) is 5.88 Å². The maximum absolute atomic E-state index is 5.76. The highest BCUT2D eigenvalue weighted by Gasteiger charge is 2.02. The zero-order valence-corrected chi connectivity index (χ0v) is 8.86. The third-order valence-electron chi connectivity index (χ3n) is 1.73. The van der Waals surface area contributed by atoms with Crippen molar-refractivity contribution in [2.24, 2.45) is 0 Å². The largest absolute Gasteiger partial charge is 0.469 e. The number of aryl methyl sites for hydroxylation is 1. The average molecular weight is 225 g/mol. The van der Waals surface area contributed by atoms with Gasteiger partial charge in [0.15, 0.2) is 0 Å². The molecule has 0 aliphatic carbocycles. The van der Waals surface area contributed by atoms with Gasteiger partial charge in [-0.2, -0.15) is 4.98 Å². The van der Waals surface area contributed by atoms with Crippen molar-refractivity contribution in [2.45, 2.75) is 13.5 Å². The topological polar surface area (TPSA) is 48.2 Å². The number of ether oxygens (including phenoxy) is 1. The average Bonchev–Trinajstić information content (AvgIpc) is 2.65. The molecule has 0 saturated heterocycles. The van der Waals surface area contributed by atoms with Gasteiger partial charge in [-0.05, 0) is 19.1 Å². The van der Waals surface area contributed by atoms with Crippen molar-refractivity contribution in [1.29, 1.82) is 0 Å². The third kappa shape index (κ3) is 2.70. The van der Waals surface area contributed by atoms with Crippen molar-refractivity contribution in [3.05, 3.63) is 41.2 Å². The fraction of sp³-hybridized carbons (Fsp3) is 0.200. The molecule has 2 aromatic rings. The molecule has 0 unspecified atom stereocenters. The Morgan fingerprint density at radius 3 is 3.00 bits per heavy atom. The highest BCUT2D eigenvalue weighted by molar-refractivity contribution is 6.29. The monoisotopic (exact) mass is 224 g/mol. The second-order valence-electron chi connectivity index (χ2n) is 2.94. The summed E-state index contributed by atoms with van der Waals surface area (Å²) in [5.41, 5.74) is 0. The van der Waals surface area contributed by atoms with Crippen molar-refractivity contribution in [1.82, 2.24) is 9.97 Å². The number of hydrogen-bond acceptors (Lipinski definition) is 4. The minimum atomic E-state index is 0.333. The molecule has 0 bridgehead atoms. The SMILES string of the molecule is Cc1nc(Cl)cc(OCc2ccco2)n1. The molecule has 2 heterocycles. The van der Waals surface area contributed by atoms with Gasteiger partial charge in [0.25, 0.3) is 0 Å². The van der Waals surface area contributed by atoms with Crippen LogP contribution in [0.25, 0.3) is 0 Å². The lowest BCUT2D eigenvalue weighted by Gasteiger charge is -2.03. The Hall–Kier alpha value is -1.55. The van der Waals surface area contributed by atoms with E-state index in [1.807, 2.05) is 6.07 Å². The van der Waals surface area contributed by atoms with E-state index >= 15 is 0 Å². The first kappa shape index (κ1) is 9.98. The fourth-order valence-electron chi connectivity index (χ4n) is 1.12. The Labute approximate surface area is 91.9 Å². The zero-order valence-electron chi connectivity index (χ0n) is 8.11. The summed E-state index contributed by atoms with van der Waals surface area (Å²) in [7, 11) is 0. The Morgan fingerprint density at radius 2 is 2.33 bits per heavy atom. The van der Waals surface area contributed by atoms with Crippen molar-refractivity contribution >= 4 is 11.6 Å². The first-order valence-electron chi connectivity index (χ1n) is 4.40. The van der Waals surface area contributed by atoms with Crippen LogP contribution in [-0.2, 0) is 6.61 Å². The van der Waals surface area contributed by atoms with E-state index in [0.717, 1.165) is 5.76 Å². The lowest BCUT2D eigenvalue weighted by atomic mass is 10.5. The van der Waals surface area contributed by atoms with Crippen LogP contribution >= 0.6 is 11.6 Å². The highest BCUT2D eigenvalue weighted by Crippen LogP contribution is 2.14. The van der Waals surface area contributed by atoms with Crippen LogP contribution in [0, 0.1) is 6.92 Å². The van der Waals surface area contributed by atoms with E-state index in [0.29, 0.717) is 23.5 Å². The van der Waals surface area contributed by atoms with E-state index in [1.54, 1.807) is 25.3 Å². The Morgan fingerprint density at radius 1 is 1.47 bits per heavy atom. The molecule has 0 atom stereocenters. The van der Waals surface area contributed by atoms with Crippen molar-refractivity contribution in [3.63, 3.8) is 0 Å². The molecule has 2 aromatic heterocycles. The van der Waals surface area contributed by atoms with Crippen LogP contribution in [0.3, 0.4) is 0 Å². The van der Waals surface area contributed by atoms with E-state index in [2.05, 4.69) is 9.97 Å². The van der Waals surface area contributed by atoms with Gasteiger partial charge in [0, 0.05) is 6.07 Å². The Bertz CT molecular complexity index is 422. The fourth-order valence-corrected chi connectivity index (χ4v) is 1.33. The second-order valence-corrected chi connectivity index (χ2v) is 3.33. The summed E-state index contributed by atoms with van der Waals surface area (Å²) >= 11 is 5.76. The first-order chi connectivity index (χ1) is 7.24.